The lowest BCUT2D eigenvalue weighted by molar-refractivity contribution is 0.477. The minimum Gasteiger partial charge on any atom is -0.507 e. The Hall–Kier alpha value is -3.92. The van der Waals surface area contributed by atoms with Crippen LogP contribution in [0.4, 0.5) is 0 Å². The first-order valence-corrected chi connectivity index (χ1v) is 10.3. The van der Waals surface area contributed by atoms with Crippen molar-refractivity contribution in [3.8, 4) is 28.4 Å². The molecule has 0 bridgehead atoms. The number of nitrogens with one attached hydrogen (secondary N) is 1. The van der Waals surface area contributed by atoms with E-state index in [1.807, 2.05) is 60.8 Å². The van der Waals surface area contributed by atoms with Gasteiger partial charge in [-0.15, -0.1) is 0 Å². The fourth-order valence-electron chi connectivity index (χ4n) is 4.15. The van der Waals surface area contributed by atoms with Crippen LogP contribution in [0, 0.1) is 0 Å². The van der Waals surface area contributed by atoms with Crippen molar-refractivity contribution >= 4 is 10.8 Å². The third kappa shape index (κ3) is 3.26. The monoisotopic (exact) mass is 405 g/mol. The minimum absolute atomic E-state index is 0.223. The predicted octanol–water partition coefficient (Wildman–Crippen LogP) is 6.32. The van der Waals surface area contributed by atoms with Crippen LogP contribution in [0.3, 0.4) is 0 Å². The second-order valence-corrected chi connectivity index (χ2v) is 8.19. The van der Waals surface area contributed by atoms with Gasteiger partial charge in [-0.05, 0) is 50.2 Å². The average molecular weight is 406 g/mol. The van der Waals surface area contributed by atoms with Crippen molar-refractivity contribution in [2.45, 2.75) is 19.3 Å². The summed E-state index contributed by atoms with van der Waals surface area (Å²) in [5.41, 5.74) is 5.05. The van der Waals surface area contributed by atoms with Gasteiger partial charge >= 0.3 is 0 Å². The van der Waals surface area contributed by atoms with Crippen LogP contribution in [0.25, 0.3) is 33.4 Å². The number of aromatic hydroxyl groups is 1. The summed E-state index contributed by atoms with van der Waals surface area (Å²) in [6, 6.07) is 27.6. The van der Waals surface area contributed by atoms with Gasteiger partial charge in [0, 0.05) is 33.6 Å². The van der Waals surface area contributed by atoms with Gasteiger partial charge in [-0.25, -0.2) is 4.98 Å². The third-order valence-electron chi connectivity index (χ3n) is 5.83. The van der Waals surface area contributed by atoms with E-state index in [0.29, 0.717) is 5.56 Å². The third-order valence-corrected chi connectivity index (χ3v) is 5.83. The van der Waals surface area contributed by atoms with E-state index >= 15 is 0 Å². The second-order valence-electron chi connectivity index (χ2n) is 8.19. The molecule has 3 heterocycles. The molecule has 2 aromatic carbocycles. The molecule has 0 fully saturated rings. The van der Waals surface area contributed by atoms with Crippen LogP contribution in [0.15, 0.2) is 91.1 Å². The van der Waals surface area contributed by atoms with Crippen molar-refractivity contribution in [1.82, 2.24) is 15.0 Å². The molecule has 0 aliphatic rings. The lowest BCUT2D eigenvalue weighted by Crippen LogP contribution is -2.21. The summed E-state index contributed by atoms with van der Waals surface area (Å²) in [5, 5.41) is 12.5. The zero-order valence-electron chi connectivity index (χ0n) is 17.5. The van der Waals surface area contributed by atoms with Gasteiger partial charge in [-0.2, -0.15) is 0 Å². The van der Waals surface area contributed by atoms with E-state index in [1.54, 1.807) is 6.07 Å². The van der Waals surface area contributed by atoms with E-state index in [0.717, 1.165) is 39.2 Å². The van der Waals surface area contributed by atoms with Crippen LogP contribution in [0.1, 0.15) is 25.2 Å². The van der Waals surface area contributed by atoms with Crippen molar-refractivity contribution in [2.24, 2.45) is 0 Å². The van der Waals surface area contributed by atoms with E-state index in [9.17, 15) is 5.11 Å². The summed E-state index contributed by atoms with van der Waals surface area (Å²) in [4.78, 5) is 13.2. The summed E-state index contributed by atoms with van der Waals surface area (Å²) in [6.45, 7) is 4.37. The van der Waals surface area contributed by atoms with Gasteiger partial charge in [0.25, 0.3) is 0 Å². The Bertz CT molecular complexity index is 1370. The summed E-state index contributed by atoms with van der Waals surface area (Å²) in [5.74, 6) is 0.223. The van der Waals surface area contributed by atoms with Gasteiger partial charge in [0.15, 0.2) is 0 Å². The number of phenols is 1. The van der Waals surface area contributed by atoms with Gasteiger partial charge in [0.1, 0.15) is 5.75 Å². The normalized spacial score (nSPS) is 11.7. The lowest BCUT2D eigenvalue weighted by atomic mass is 9.83. The second kappa shape index (κ2) is 7.40. The molecule has 2 N–H and O–H groups in total. The zero-order chi connectivity index (χ0) is 21.4. The molecule has 0 amide bonds. The van der Waals surface area contributed by atoms with E-state index in [2.05, 4.69) is 48.1 Å². The number of aromatic amines is 1. The Labute approximate surface area is 181 Å². The van der Waals surface area contributed by atoms with Crippen molar-refractivity contribution in [3.63, 3.8) is 0 Å². The number of nitrogens with zero attached hydrogens (tertiary/aromatic N) is 2. The van der Waals surface area contributed by atoms with Crippen molar-refractivity contribution in [2.75, 3.05) is 0 Å². The number of hydrogen-bond acceptors (Lipinski definition) is 3. The van der Waals surface area contributed by atoms with Crippen LogP contribution < -0.4 is 0 Å². The molecule has 0 spiro atoms. The Balaban J connectivity index is 1.70. The smallest absolute Gasteiger partial charge is 0.124 e. The van der Waals surface area contributed by atoms with Crippen molar-refractivity contribution < 1.29 is 5.11 Å². The number of benzene rings is 2. The summed E-state index contributed by atoms with van der Waals surface area (Å²) in [7, 11) is 0. The molecule has 31 heavy (non-hydrogen) atoms. The van der Waals surface area contributed by atoms with Gasteiger partial charge in [0.2, 0.25) is 0 Å². The maximum Gasteiger partial charge on any atom is 0.124 e. The van der Waals surface area contributed by atoms with Crippen molar-refractivity contribution in [3.05, 3.63) is 103 Å². The number of phenolic OH excluding ortho intramolecular Hbond substituents is 1. The Kier molecular flexibility index (Phi) is 4.55. The number of rotatable bonds is 4. The summed E-state index contributed by atoms with van der Waals surface area (Å²) in [6.07, 6.45) is 1.83. The number of H-pyrrole nitrogens is 1. The molecule has 152 valence electrons. The van der Waals surface area contributed by atoms with Crippen LogP contribution in [0.2, 0.25) is 0 Å². The minimum atomic E-state index is -0.311. The standard InChI is InChI=1S/C27H23N3O/c1-27(2,24-16-7-8-17-28-24)26-19-11-4-3-10-18(19)25(30-26)22-14-9-13-21(29-22)20-12-5-6-15-23(20)31/h3-17,30-31H,1-2H3. The first-order valence-electron chi connectivity index (χ1n) is 10.3. The predicted molar refractivity (Wildman–Crippen MR) is 125 cm³/mol. The Morgan fingerprint density at radius 2 is 1.45 bits per heavy atom. The molecule has 5 rings (SSSR count). The fourth-order valence-corrected chi connectivity index (χ4v) is 4.15. The van der Waals surface area contributed by atoms with E-state index < -0.39 is 0 Å². The molecule has 5 aromatic rings. The zero-order valence-corrected chi connectivity index (χ0v) is 17.5. The van der Waals surface area contributed by atoms with Crippen LogP contribution in [0.5, 0.6) is 5.75 Å². The Morgan fingerprint density at radius 1 is 0.742 bits per heavy atom. The molecule has 0 aliphatic carbocycles. The Morgan fingerprint density at radius 3 is 2.23 bits per heavy atom. The molecule has 0 saturated carbocycles. The van der Waals surface area contributed by atoms with Gasteiger partial charge in [-0.3, -0.25) is 4.98 Å². The van der Waals surface area contributed by atoms with Gasteiger partial charge in [0.05, 0.1) is 22.8 Å². The lowest BCUT2D eigenvalue weighted by Gasteiger charge is -2.23. The molecule has 0 unspecified atom stereocenters. The molecule has 0 atom stereocenters. The summed E-state index contributed by atoms with van der Waals surface area (Å²) >= 11 is 0. The average Bonchev–Trinajstić information content (AvgIpc) is 3.21. The SMILES string of the molecule is CC(C)(c1ccccn1)c1[nH]c(-c2cccc(-c3ccccc3O)n2)c2ccccc12. The molecule has 4 heteroatoms. The number of aromatic nitrogens is 3. The first-order chi connectivity index (χ1) is 15.1. The number of pyridine rings is 2. The number of fused-ring (bicyclic) bond motifs is 1. The topological polar surface area (TPSA) is 61.8 Å². The van der Waals surface area contributed by atoms with E-state index in [4.69, 9.17) is 4.98 Å². The highest BCUT2D eigenvalue weighted by Gasteiger charge is 2.29. The molecular formula is C27H23N3O. The summed E-state index contributed by atoms with van der Waals surface area (Å²) < 4.78 is 0. The molecule has 0 aliphatic heterocycles. The highest BCUT2D eigenvalue weighted by Crippen LogP contribution is 2.39. The quantitative estimate of drug-likeness (QED) is 0.368. The van der Waals surface area contributed by atoms with E-state index in [1.165, 1.54) is 0 Å². The highest BCUT2D eigenvalue weighted by atomic mass is 16.3. The first kappa shape index (κ1) is 19.1. The van der Waals surface area contributed by atoms with Gasteiger partial charge < -0.3 is 10.1 Å². The van der Waals surface area contributed by atoms with Crippen LogP contribution in [-0.4, -0.2) is 20.1 Å². The molecule has 3 aromatic heterocycles. The highest BCUT2D eigenvalue weighted by molar-refractivity contribution is 5.98. The molecular weight excluding hydrogens is 382 g/mol. The maximum atomic E-state index is 10.3. The fraction of sp³-hybridized carbons (Fsp3) is 0.111. The molecule has 0 saturated heterocycles. The van der Waals surface area contributed by atoms with Crippen LogP contribution in [-0.2, 0) is 5.41 Å². The largest absolute Gasteiger partial charge is 0.507 e. The van der Waals surface area contributed by atoms with Gasteiger partial charge in [-0.1, -0.05) is 48.5 Å². The maximum absolute atomic E-state index is 10.3. The molecule has 0 radical (unpaired) electrons. The molecule has 4 nitrogen and oxygen atoms in total. The van der Waals surface area contributed by atoms with Crippen LogP contribution >= 0.6 is 0 Å². The van der Waals surface area contributed by atoms with Crippen molar-refractivity contribution in [1.29, 1.82) is 0 Å². The number of para-hydroxylation sites is 1. The van der Waals surface area contributed by atoms with E-state index in [-0.39, 0.29) is 11.2 Å². The number of hydrogen-bond donors (Lipinski definition) is 2.